The maximum Gasteiger partial charge on any atom is 0.0542 e. The highest BCUT2D eigenvalue weighted by molar-refractivity contribution is 9.10. The summed E-state index contributed by atoms with van der Waals surface area (Å²) < 4.78 is 1.11. The smallest absolute Gasteiger partial charge is 0.0542 e. The number of rotatable bonds is 6. The van der Waals surface area contributed by atoms with E-state index < -0.39 is 0 Å². The minimum absolute atomic E-state index is 0.318. The molecule has 0 amide bonds. The molecule has 0 saturated heterocycles. The Balaban J connectivity index is 1.80. The van der Waals surface area contributed by atoms with Crippen molar-refractivity contribution in [2.24, 2.45) is 0 Å². The quantitative estimate of drug-likeness (QED) is 0.454. The molecule has 1 unspecified atom stereocenters. The molecule has 1 atom stereocenters. The first-order valence-electron chi connectivity index (χ1n) is 6.63. The number of thioether (sulfide) groups is 1. The van der Waals surface area contributed by atoms with Gasteiger partial charge in [-0.3, -0.25) is 0 Å². The molecule has 0 bridgehead atoms. The van der Waals surface area contributed by atoms with Gasteiger partial charge in [-0.25, -0.2) is 0 Å². The summed E-state index contributed by atoms with van der Waals surface area (Å²) in [6, 6.07) is 14.2. The van der Waals surface area contributed by atoms with E-state index in [1.807, 2.05) is 24.3 Å². The van der Waals surface area contributed by atoms with Gasteiger partial charge in [0.15, 0.2) is 0 Å². The molecule has 0 aromatic heterocycles. The van der Waals surface area contributed by atoms with Crippen LogP contribution in [-0.2, 0) is 0 Å². The molecular formula is C16H16BrCl2NS. The normalized spacial score (nSPS) is 12.4. The second kappa shape index (κ2) is 8.44. The van der Waals surface area contributed by atoms with Crippen LogP contribution in [0.2, 0.25) is 10.0 Å². The Morgan fingerprint density at radius 3 is 2.76 bits per heavy atom. The summed E-state index contributed by atoms with van der Waals surface area (Å²) in [7, 11) is 0. The molecule has 0 saturated carbocycles. The number of benzene rings is 2. The van der Waals surface area contributed by atoms with Crippen molar-refractivity contribution >= 4 is 50.9 Å². The van der Waals surface area contributed by atoms with E-state index in [0.717, 1.165) is 31.7 Å². The maximum absolute atomic E-state index is 6.15. The average Bonchev–Trinajstić information content (AvgIpc) is 2.46. The molecule has 1 N–H and O–H groups in total. The highest BCUT2D eigenvalue weighted by Gasteiger charge is 2.06. The molecule has 0 spiro atoms. The van der Waals surface area contributed by atoms with Crippen molar-refractivity contribution in [3.05, 3.63) is 62.5 Å². The zero-order valence-corrected chi connectivity index (χ0v) is 15.5. The van der Waals surface area contributed by atoms with Gasteiger partial charge in [0.05, 0.1) is 5.02 Å². The zero-order chi connectivity index (χ0) is 15.2. The molecule has 2 aromatic rings. The van der Waals surface area contributed by atoms with Crippen molar-refractivity contribution in [1.82, 2.24) is 5.32 Å². The van der Waals surface area contributed by atoms with E-state index in [9.17, 15) is 0 Å². The Hall–Kier alpha value is -0.190. The summed E-state index contributed by atoms with van der Waals surface area (Å²) in [5.41, 5.74) is 1.27. The van der Waals surface area contributed by atoms with Crippen molar-refractivity contribution in [1.29, 1.82) is 0 Å². The Bertz CT molecular complexity index is 607. The Morgan fingerprint density at radius 1 is 1.19 bits per heavy atom. The predicted octanol–water partition coefficient (Wildman–Crippen LogP) is 6.20. The molecule has 112 valence electrons. The van der Waals surface area contributed by atoms with E-state index in [1.54, 1.807) is 11.8 Å². The van der Waals surface area contributed by atoms with Crippen LogP contribution in [0.4, 0.5) is 0 Å². The van der Waals surface area contributed by atoms with Crippen LogP contribution in [0.15, 0.2) is 51.8 Å². The van der Waals surface area contributed by atoms with E-state index in [4.69, 9.17) is 23.2 Å². The lowest BCUT2D eigenvalue weighted by Crippen LogP contribution is -2.21. The van der Waals surface area contributed by atoms with Gasteiger partial charge in [0.25, 0.3) is 0 Å². The fourth-order valence-electron chi connectivity index (χ4n) is 1.92. The van der Waals surface area contributed by atoms with Crippen molar-refractivity contribution in [2.75, 3.05) is 12.3 Å². The van der Waals surface area contributed by atoms with Crippen molar-refractivity contribution in [2.45, 2.75) is 17.9 Å². The molecule has 0 aliphatic heterocycles. The van der Waals surface area contributed by atoms with Crippen LogP contribution >= 0.6 is 50.9 Å². The van der Waals surface area contributed by atoms with Crippen LogP contribution in [0, 0.1) is 0 Å². The molecule has 0 aliphatic rings. The lowest BCUT2D eigenvalue weighted by atomic mass is 10.1. The van der Waals surface area contributed by atoms with Crippen molar-refractivity contribution < 1.29 is 0 Å². The van der Waals surface area contributed by atoms with Gasteiger partial charge in [-0.05, 0) is 42.8 Å². The topological polar surface area (TPSA) is 12.0 Å². The molecule has 5 heteroatoms. The van der Waals surface area contributed by atoms with E-state index >= 15 is 0 Å². The third-order valence-corrected chi connectivity index (χ3v) is 5.28. The van der Waals surface area contributed by atoms with Crippen molar-refractivity contribution in [3.8, 4) is 0 Å². The number of hydrogen-bond acceptors (Lipinski definition) is 2. The molecule has 2 aromatic carbocycles. The van der Waals surface area contributed by atoms with E-state index in [-0.39, 0.29) is 0 Å². The highest BCUT2D eigenvalue weighted by Crippen LogP contribution is 2.29. The third-order valence-electron chi connectivity index (χ3n) is 3.05. The third kappa shape index (κ3) is 5.50. The Labute approximate surface area is 148 Å². The van der Waals surface area contributed by atoms with Gasteiger partial charge in [-0.2, -0.15) is 0 Å². The first-order valence-corrected chi connectivity index (χ1v) is 9.16. The standard InChI is InChI=1S/C16H16BrCl2NS/c1-11(12-3-2-4-13(17)9-12)20-7-8-21-16-10-14(18)5-6-15(16)19/h2-6,9-11,20H,7-8H2,1H3. The van der Waals surface area contributed by atoms with Crippen LogP contribution in [-0.4, -0.2) is 12.3 Å². The molecule has 0 heterocycles. The SMILES string of the molecule is CC(NCCSc1cc(Cl)ccc1Cl)c1cccc(Br)c1. The largest absolute Gasteiger partial charge is 0.309 e. The lowest BCUT2D eigenvalue weighted by molar-refractivity contribution is 0.601. The van der Waals surface area contributed by atoms with Gasteiger partial charge in [0.2, 0.25) is 0 Å². The van der Waals surface area contributed by atoms with E-state index in [0.29, 0.717) is 6.04 Å². The summed E-state index contributed by atoms with van der Waals surface area (Å²) in [5.74, 6) is 0.943. The summed E-state index contributed by atoms with van der Waals surface area (Å²) >= 11 is 17.3. The van der Waals surface area contributed by atoms with Crippen LogP contribution < -0.4 is 5.32 Å². The summed E-state index contributed by atoms with van der Waals surface area (Å²) in [4.78, 5) is 1.03. The summed E-state index contributed by atoms with van der Waals surface area (Å²) in [5, 5.41) is 4.99. The van der Waals surface area contributed by atoms with Crippen LogP contribution in [0.3, 0.4) is 0 Å². The van der Waals surface area contributed by atoms with Gasteiger partial charge < -0.3 is 5.32 Å². The van der Waals surface area contributed by atoms with Gasteiger partial charge >= 0.3 is 0 Å². The minimum Gasteiger partial charge on any atom is -0.309 e. The zero-order valence-electron chi connectivity index (χ0n) is 11.6. The predicted molar refractivity (Wildman–Crippen MR) is 97.7 cm³/mol. The number of halogens is 3. The van der Waals surface area contributed by atoms with E-state index in [1.165, 1.54) is 5.56 Å². The van der Waals surface area contributed by atoms with Crippen LogP contribution in [0.1, 0.15) is 18.5 Å². The average molecular weight is 405 g/mol. The van der Waals surface area contributed by atoms with Gasteiger partial charge in [-0.15, -0.1) is 11.8 Å². The lowest BCUT2D eigenvalue weighted by Gasteiger charge is -2.14. The molecule has 0 radical (unpaired) electrons. The van der Waals surface area contributed by atoms with Crippen LogP contribution in [0.5, 0.6) is 0 Å². The number of hydrogen-bond donors (Lipinski definition) is 1. The van der Waals surface area contributed by atoms with Crippen molar-refractivity contribution in [3.63, 3.8) is 0 Å². The second-order valence-electron chi connectivity index (χ2n) is 4.65. The monoisotopic (exact) mass is 403 g/mol. The van der Waals surface area contributed by atoms with Crippen LogP contribution in [0.25, 0.3) is 0 Å². The highest BCUT2D eigenvalue weighted by atomic mass is 79.9. The summed E-state index contributed by atoms with van der Waals surface area (Å²) in [6.07, 6.45) is 0. The molecule has 0 aliphatic carbocycles. The fourth-order valence-corrected chi connectivity index (χ4v) is 3.71. The first kappa shape index (κ1) is 17.2. The molecule has 2 rings (SSSR count). The first-order chi connectivity index (χ1) is 10.1. The number of nitrogens with one attached hydrogen (secondary N) is 1. The minimum atomic E-state index is 0.318. The Morgan fingerprint density at radius 2 is 2.00 bits per heavy atom. The van der Waals surface area contributed by atoms with Gasteiger partial charge in [-0.1, -0.05) is 51.3 Å². The molecule has 1 nitrogen and oxygen atoms in total. The molecule has 21 heavy (non-hydrogen) atoms. The van der Waals surface area contributed by atoms with Gasteiger partial charge in [0.1, 0.15) is 0 Å². The van der Waals surface area contributed by atoms with Gasteiger partial charge in [0, 0.05) is 32.7 Å². The fraction of sp³-hybridized carbons (Fsp3) is 0.250. The van der Waals surface area contributed by atoms with E-state index in [2.05, 4.69) is 46.4 Å². The molecule has 0 fully saturated rings. The second-order valence-corrected chi connectivity index (χ2v) is 7.55. The maximum atomic E-state index is 6.15. The summed E-state index contributed by atoms with van der Waals surface area (Å²) in [6.45, 7) is 3.07. The molecular weight excluding hydrogens is 389 g/mol. The Kier molecular flexibility index (Phi) is 6.90.